The van der Waals surface area contributed by atoms with E-state index in [1.807, 2.05) is 24.3 Å². The number of para-hydroxylation sites is 2. The number of carbonyl (C=O) groups excluding carboxylic acids is 1. The van der Waals surface area contributed by atoms with Gasteiger partial charge >= 0.3 is 0 Å². The van der Waals surface area contributed by atoms with Gasteiger partial charge in [0.05, 0.1) is 11.4 Å². The van der Waals surface area contributed by atoms with Crippen LogP contribution >= 0.6 is 0 Å². The lowest BCUT2D eigenvalue weighted by Gasteiger charge is -2.21. The molecule has 0 atom stereocenters. The topological polar surface area (TPSA) is 73.9 Å². The predicted octanol–water partition coefficient (Wildman–Crippen LogP) is 1.97. The van der Waals surface area contributed by atoms with Gasteiger partial charge in [-0.15, -0.1) is 5.10 Å². The average Bonchev–Trinajstić information content (AvgIpc) is 3.10. The summed E-state index contributed by atoms with van der Waals surface area (Å²) in [5.74, 6) is 0.502. The van der Waals surface area contributed by atoms with Crippen LogP contribution in [-0.4, -0.2) is 34.2 Å². The van der Waals surface area contributed by atoms with E-state index < -0.39 is 0 Å². The molecule has 1 aliphatic rings. The second kappa shape index (κ2) is 5.32. The normalized spacial score (nSPS) is 14.6. The molecule has 0 unspecified atom stereocenters. The number of anilines is 2. The molecular weight excluding hydrogens is 254 g/mol. The van der Waals surface area contributed by atoms with Crippen LogP contribution in [0, 0.1) is 6.92 Å². The number of hydrogen-bond donors (Lipinski definition) is 2. The summed E-state index contributed by atoms with van der Waals surface area (Å²) in [6.45, 7) is 3.83. The van der Waals surface area contributed by atoms with Crippen molar-refractivity contribution in [2.75, 3.05) is 23.3 Å². The zero-order valence-electron chi connectivity index (χ0n) is 11.4. The molecule has 1 aromatic carbocycles. The Hall–Kier alpha value is -2.37. The lowest BCUT2D eigenvalue weighted by atomic mass is 10.2. The molecule has 0 aliphatic carbocycles. The van der Waals surface area contributed by atoms with Crippen molar-refractivity contribution in [2.24, 2.45) is 0 Å². The third-order valence-corrected chi connectivity index (χ3v) is 3.40. The molecule has 1 saturated heterocycles. The Morgan fingerprint density at radius 1 is 1.30 bits per heavy atom. The van der Waals surface area contributed by atoms with E-state index in [1.54, 1.807) is 6.92 Å². The van der Waals surface area contributed by atoms with E-state index in [0.29, 0.717) is 5.82 Å². The Morgan fingerprint density at radius 2 is 2.05 bits per heavy atom. The van der Waals surface area contributed by atoms with E-state index in [4.69, 9.17) is 0 Å². The molecule has 0 saturated carbocycles. The Morgan fingerprint density at radius 3 is 2.75 bits per heavy atom. The number of H-pyrrole nitrogens is 1. The van der Waals surface area contributed by atoms with Crippen LogP contribution in [0.1, 0.15) is 29.3 Å². The maximum absolute atomic E-state index is 12.1. The first-order valence-electron chi connectivity index (χ1n) is 6.78. The van der Waals surface area contributed by atoms with Crippen molar-refractivity contribution in [1.29, 1.82) is 0 Å². The van der Waals surface area contributed by atoms with Gasteiger partial charge in [-0.2, -0.15) is 0 Å². The van der Waals surface area contributed by atoms with Crippen molar-refractivity contribution < 1.29 is 4.79 Å². The lowest BCUT2D eigenvalue weighted by Crippen LogP contribution is -2.21. The van der Waals surface area contributed by atoms with Crippen LogP contribution in [0.5, 0.6) is 0 Å². The molecule has 1 aromatic heterocycles. The van der Waals surface area contributed by atoms with E-state index in [1.165, 1.54) is 12.8 Å². The minimum absolute atomic E-state index is 0.165. The largest absolute Gasteiger partial charge is 0.370 e. The monoisotopic (exact) mass is 271 g/mol. The average molecular weight is 271 g/mol. The predicted molar refractivity (Wildman–Crippen MR) is 77.0 cm³/mol. The van der Waals surface area contributed by atoms with Crippen molar-refractivity contribution in [3.8, 4) is 0 Å². The van der Waals surface area contributed by atoms with Crippen molar-refractivity contribution in [3.05, 3.63) is 35.9 Å². The molecule has 0 bridgehead atoms. The molecule has 20 heavy (non-hydrogen) atoms. The Labute approximate surface area is 117 Å². The highest BCUT2D eigenvalue weighted by atomic mass is 16.2. The summed E-state index contributed by atoms with van der Waals surface area (Å²) >= 11 is 0. The quantitative estimate of drug-likeness (QED) is 0.895. The number of aromatic amines is 1. The summed E-state index contributed by atoms with van der Waals surface area (Å²) in [5, 5.41) is 9.44. The van der Waals surface area contributed by atoms with E-state index in [0.717, 1.165) is 24.5 Å². The van der Waals surface area contributed by atoms with Gasteiger partial charge in [0.15, 0.2) is 0 Å². The van der Waals surface area contributed by atoms with E-state index in [2.05, 4.69) is 25.4 Å². The van der Waals surface area contributed by atoms with Gasteiger partial charge in [0, 0.05) is 13.1 Å². The number of carbonyl (C=O) groups is 1. The fourth-order valence-corrected chi connectivity index (χ4v) is 2.44. The Kier molecular flexibility index (Phi) is 3.37. The van der Waals surface area contributed by atoms with E-state index in [-0.39, 0.29) is 11.7 Å². The minimum atomic E-state index is -0.291. The fraction of sp³-hybridized carbons (Fsp3) is 0.357. The zero-order chi connectivity index (χ0) is 13.9. The zero-order valence-corrected chi connectivity index (χ0v) is 11.4. The molecule has 1 amide bonds. The third kappa shape index (κ3) is 2.49. The molecular formula is C14H17N5O. The van der Waals surface area contributed by atoms with Crippen molar-refractivity contribution in [2.45, 2.75) is 19.8 Å². The number of benzene rings is 1. The number of aromatic nitrogens is 3. The van der Waals surface area contributed by atoms with Gasteiger partial charge in [0.25, 0.3) is 5.91 Å². The number of amides is 1. The van der Waals surface area contributed by atoms with Gasteiger partial charge in [-0.25, -0.2) is 4.98 Å². The molecule has 1 fully saturated rings. The summed E-state index contributed by atoms with van der Waals surface area (Å²) < 4.78 is 0. The summed E-state index contributed by atoms with van der Waals surface area (Å²) in [6, 6.07) is 7.84. The van der Waals surface area contributed by atoms with Crippen molar-refractivity contribution >= 4 is 17.3 Å². The van der Waals surface area contributed by atoms with Gasteiger partial charge in [0.1, 0.15) is 5.82 Å². The first kappa shape index (κ1) is 12.7. The summed E-state index contributed by atoms with van der Waals surface area (Å²) in [4.78, 5) is 18.5. The van der Waals surface area contributed by atoms with Crippen LogP contribution in [0.4, 0.5) is 11.4 Å². The molecule has 6 nitrogen and oxygen atoms in total. The molecule has 0 spiro atoms. The first-order valence-corrected chi connectivity index (χ1v) is 6.78. The van der Waals surface area contributed by atoms with Crippen LogP contribution in [-0.2, 0) is 0 Å². The number of hydrogen-bond acceptors (Lipinski definition) is 4. The molecule has 6 heteroatoms. The van der Waals surface area contributed by atoms with E-state index in [9.17, 15) is 4.79 Å². The number of nitrogens with zero attached hydrogens (tertiary/aromatic N) is 3. The second-order valence-corrected chi connectivity index (χ2v) is 4.91. The maximum Gasteiger partial charge on any atom is 0.295 e. The first-order chi connectivity index (χ1) is 9.74. The van der Waals surface area contributed by atoms with Crippen LogP contribution in [0.3, 0.4) is 0 Å². The van der Waals surface area contributed by atoms with Gasteiger partial charge in [-0.05, 0) is 31.9 Å². The smallest absolute Gasteiger partial charge is 0.295 e. The van der Waals surface area contributed by atoms with E-state index >= 15 is 0 Å². The molecule has 2 heterocycles. The Balaban J connectivity index is 1.81. The van der Waals surface area contributed by atoms with Crippen LogP contribution in [0.2, 0.25) is 0 Å². The van der Waals surface area contributed by atoms with Gasteiger partial charge in [-0.1, -0.05) is 12.1 Å². The summed E-state index contributed by atoms with van der Waals surface area (Å²) in [5.41, 5.74) is 1.87. The molecule has 2 aromatic rings. The minimum Gasteiger partial charge on any atom is -0.370 e. The van der Waals surface area contributed by atoms with Crippen LogP contribution < -0.4 is 10.2 Å². The summed E-state index contributed by atoms with van der Waals surface area (Å²) in [6.07, 6.45) is 2.39. The summed E-state index contributed by atoms with van der Waals surface area (Å²) in [7, 11) is 0. The highest BCUT2D eigenvalue weighted by Gasteiger charge is 2.18. The van der Waals surface area contributed by atoms with Gasteiger partial charge in [-0.3, -0.25) is 9.89 Å². The Bertz CT molecular complexity index is 616. The third-order valence-electron chi connectivity index (χ3n) is 3.40. The van der Waals surface area contributed by atoms with Crippen LogP contribution in [0.25, 0.3) is 0 Å². The van der Waals surface area contributed by atoms with Gasteiger partial charge in [0.2, 0.25) is 5.82 Å². The number of rotatable bonds is 3. The second-order valence-electron chi connectivity index (χ2n) is 4.91. The highest BCUT2D eigenvalue weighted by molar-refractivity contribution is 6.03. The van der Waals surface area contributed by atoms with Crippen molar-refractivity contribution in [3.63, 3.8) is 0 Å². The fourth-order valence-electron chi connectivity index (χ4n) is 2.44. The number of nitrogens with one attached hydrogen (secondary N) is 2. The maximum atomic E-state index is 12.1. The molecule has 3 rings (SSSR count). The molecule has 0 radical (unpaired) electrons. The number of aryl methyl sites for hydroxylation is 1. The molecule has 104 valence electrons. The van der Waals surface area contributed by atoms with Crippen molar-refractivity contribution in [1.82, 2.24) is 15.2 Å². The molecule has 2 N–H and O–H groups in total. The van der Waals surface area contributed by atoms with Gasteiger partial charge < -0.3 is 10.2 Å². The highest BCUT2D eigenvalue weighted by Crippen LogP contribution is 2.28. The lowest BCUT2D eigenvalue weighted by molar-refractivity contribution is 0.101. The van der Waals surface area contributed by atoms with Crippen LogP contribution in [0.15, 0.2) is 24.3 Å². The molecule has 1 aliphatic heterocycles. The standard InChI is InChI=1S/C14H17N5O/c1-10-15-13(18-17-10)14(20)16-11-6-2-3-7-12(11)19-8-4-5-9-19/h2-3,6-7H,4-5,8-9H2,1H3,(H,16,20)(H,15,17,18). The SMILES string of the molecule is Cc1nc(C(=O)Nc2ccccc2N2CCCC2)n[nH]1.